The molecule has 1 atom stereocenters. The van der Waals surface area contributed by atoms with Crippen LogP contribution in [0, 0.1) is 0 Å². The molecule has 0 aliphatic carbocycles. The molecule has 11 heavy (non-hydrogen) atoms. The third-order valence-electron chi connectivity index (χ3n) is 2.73. The molecule has 0 N–H and O–H groups in total. The predicted octanol–water partition coefficient (Wildman–Crippen LogP) is 2.99. The Kier molecular flexibility index (Phi) is 3.38. The minimum Gasteiger partial charge on any atom is -0.289 e. The minimum absolute atomic E-state index is 0.333. The van der Waals surface area contributed by atoms with Gasteiger partial charge in [-0.05, 0) is 38.8 Å². The fourth-order valence-electron chi connectivity index (χ4n) is 1.90. The maximum Gasteiger partial charge on any atom is 0.0764 e. The van der Waals surface area contributed by atoms with Gasteiger partial charge >= 0.3 is 0 Å². The van der Waals surface area contributed by atoms with E-state index in [4.69, 9.17) is 0 Å². The SMILES string of the molecule is CCN1CCCCC1(Br)CC. The van der Waals surface area contributed by atoms with Crippen LogP contribution in [0.25, 0.3) is 0 Å². The molecule has 0 saturated carbocycles. The van der Waals surface area contributed by atoms with Gasteiger partial charge in [-0.3, -0.25) is 4.90 Å². The van der Waals surface area contributed by atoms with Gasteiger partial charge in [0.05, 0.1) is 4.45 Å². The molecule has 1 unspecified atom stereocenters. The van der Waals surface area contributed by atoms with Crippen molar-refractivity contribution in [1.29, 1.82) is 0 Å². The average Bonchev–Trinajstić information content (AvgIpc) is 2.05. The summed E-state index contributed by atoms with van der Waals surface area (Å²) in [6.07, 6.45) is 5.30. The van der Waals surface area contributed by atoms with Crippen LogP contribution in [0.4, 0.5) is 0 Å². The van der Waals surface area contributed by atoms with Gasteiger partial charge in [-0.15, -0.1) is 0 Å². The van der Waals surface area contributed by atoms with Gasteiger partial charge in [0, 0.05) is 0 Å². The molecule has 1 nitrogen and oxygen atoms in total. The lowest BCUT2D eigenvalue weighted by Gasteiger charge is -2.42. The summed E-state index contributed by atoms with van der Waals surface area (Å²) in [6.45, 7) is 6.97. The topological polar surface area (TPSA) is 3.24 Å². The Morgan fingerprint density at radius 3 is 2.55 bits per heavy atom. The molecule has 1 aliphatic rings. The van der Waals surface area contributed by atoms with Crippen molar-refractivity contribution in [2.75, 3.05) is 13.1 Å². The van der Waals surface area contributed by atoms with E-state index in [1.807, 2.05) is 0 Å². The van der Waals surface area contributed by atoms with Crippen molar-refractivity contribution < 1.29 is 0 Å². The average molecular weight is 220 g/mol. The molecule has 0 radical (unpaired) electrons. The van der Waals surface area contributed by atoms with Crippen molar-refractivity contribution in [3.63, 3.8) is 0 Å². The second kappa shape index (κ2) is 3.90. The Balaban J connectivity index is 2.57. The minimum atomic E-state index is 0.333. The Morgan fingerprint density at radius 1 is 1.36 bits per heavy atom. The highest BCUT2D eigenvalue weighted by Gasteiger charge is 2.32. The predicted molar refractivity (Wildman–Crippen MR) is 53.0 cm³/mol. The monoisotopic (exact) mass is 219 g/mol. The van der Waals surface area contributed by atoms with Crippen LogP contribution in [-0.4, -0.2) is 22.4 Å². The van der Waals surface area contributed by atoms with Crippen LogP contribution < -0.4 is 0 Å². The van der Waals surface area contributed by atoms with Crippen LogP contribution in [0.3, 0.4) is 0 Å². The quantitative estimate of drug-likeness (QED) is 0.510. The summed E-state index contributed by atoms with van der Waals surface area (Å²) >= 11 is 3.85. The van der Waals surface area contributed by atoms with E-state index in [-0.39, 0.29) is 0 Å². The molecule has 1 heterocycles. The van der Waals surface area contributed by atoms with E-state index >= 15 is 0 Å². The van der Waals surface area contributed by atoms with Crippen LogP contribution in [-0.2, 0) is 0 Å². The number of hydrogen-bond acceptors (Lipinski definition) is 1. The number of likely N-dealkylation sites (tertiary alicyclic amines) is 1. The molecule has 66 valence electrons. The van der Waals surface area contributed by atoms with E-state index in [0.717, 1.165) is 0 Å². The molecule has 0 aromatic carbocycles. The van der Waals surface area contributed by atoms with Crippen molar-refractivity contribution >= 4 is 15.9 Å². The number of piperidine rings is 1. The zero-order valence-electron chi connectivity index (χ0n) is 7.57. The standard InChI is InChI=1S/C9H18BrN/c1-3-9(10)7-5-6-8-11(9)4-2/h3-8H2,1-2H3. The molecule has 1 aliphatic heterocycles. The maximum absolute atomic E-state index is 3.85. The van der Waals surface area contributed by atoms with Crippen LogP contribution in [0.2, 0.25) is 0 Å². The lowest BCUT2D eigenvalue weighted by Crippen LogP contribution is -2.46. The van der Waals surface area contributed by atoms with E-state index in [9.17, 15) is 0 Å². The molecule has 1 rings (SSSR count). The van der Waals surface area contributed by atoms with Gasteiger partial charge in [0.2, 0.25) is 0 Å². The number of alkyl halides is 1. The first-order valence-electron chi connectivity index (χ1n) is 4.67. The first-order valence-corrected chi connectivity index (χ1v) is 5.46. The van der Waals surface area contributed by atoms with Gasteiger partial charge in [0.15, 0.2) is 0 Å². The smallest absolute Gasteiger partial charge is 0.0764 e. The van der Waals surface area contributed by atoms with E-state index in [1.54, 1.807) is 0 Å². The number of halogens is 1. The number of nitrogens with zero attached hydrogens (tertiary/aromatic N) is 1. The van der Waals surface area contributed by atoms with E-state index in [2.05, 4.69) is 34.7 Å². The first-order chi connectivity index (χ1) is 5.23. The second-order valence-corrected chi connectivity index (χ2v) is 4.78. The van der Waals surface area contributed by atoms with Crippen molar-refractivity contribution in [1.82, 2.24) is 4.90 Å². The number of hydrogen-bond donors (Lipinski definition) is 0. The van der Waals surface area contributed by atoms with Crippen molar-refractivity contribution in [3.8, 4) is 0 Å². The molecule has 0 spiro atoms. The third kappa shape index (κ3) is 1.97. The molecule has 0 aromatic rings. The van der Waals surface area contributed by atoms with Gasteiger partial charge in [0.25, 0.3) is 0 Å². The summed E-state index contributed by atoms with van der Waals surface area (Å²) in [5.74, 6) is 0. The molecular formula is C9H18BrN. The molecule has 2 heteroatoms. The number of rotatable bonds is 2. The van der Waals surface area contributed by atoms with Gasteiger partial charge < -0.3 is 0 Å². The van der Waals surface area contributed by atoms with Gasteiger partial charge in [-0.1, -0.05) is 29.8 Å². The van der Waals surface area contributed by atoms with Crippen molar-refractivity contribution in [3.05, 3.63) is 0 Å². The highest BCUT2D eigenvalue weighted by molar-refractivity contribution is 9.10. The van der Waals surface area contributed by atoms with Gasteiger partial charge in [0.1, 0.15) is 0 Å². The fraction of sp³-hybridized carbons (Fsp3) is 1.00. The van der Waals surface area contributed by atoms with Crippen LogP contribution in [0.15, 0.2) is 0 Å². The Labute approximate surface area is 78.3 Å². The fourth-order valence-corrected chi connectivity index (χ4v) is 2.61. The summed E-state index contributed by atoms with van der Waals surface area (Å²) in [4.78, 5) is 2.55. The molecule has 1 saturated heterocycles. The summed E-state index contributed by atoms with van der Waals surface area (Å²) in [6, 6.07) is 0. The summed E-state index contributed by atoms with van der Waals surface area (Å²) in [5, 5.41) is 0. The first kappa shape index (κ1) is 9.53. The highest BCUT2D eigenvalue weighted by atomic mass is 79.9. The molecule has 0 bridgehead atoms. The molecule has 1 fully saturated rings. The molecular weight excluding hydrogens is 202 g/mol. The van der Waals surface area contributed by atoms with Crippen molar-refractivity contribution in [2.24, 2.45) is 0 Å². The Hall–Kier alpha value is 0.440. The van der Waals surface area contributed by atoms with Crippen molar-refractivity contribution in [2.45, 2.75) is 44.0 Å². The highest BCUT2D eigenvalue weighted by Crippen LogP contribution is 2.36. The lowest BCUT2D eigenvalue weighted by atomic mass is 10.00. The van der Waals surface area contributed by atoms with E-state index in [0.29, 0.717) is 4.45 Å². The van der Waals surface area contributed by atoms with Crippen LogP contribution in [0.5, 0.6) is 0 Å². The summed E-state index contributed by atoms with van der Waals surface area (Å²) < 4.78 is 0.333. The third-order valence-corrected chi connectivity index (χ3v) is 4.19. The second-order valence-electron chi connectivity index (χ2n) is 3.31. The zero-order valence-corrected chi connectivity index (χ0v) is 9.15. The molecule has 0 aromatic heterocycles. The van der Waals surface area contributed by atoms with E-state index < -0.39 is 0 Å². The lowest BCUT2D eigenvalue weighted by molar-refractivity contribution is 0.130. The Morgan fingerprint density at radius 2 is 2.09 bits per heavy atom. The summed E-state index contributed by atoms with van der Waals surface area (Å²) in [5.41, 5.74) is 0. The largest absolute Gasteiger partial charge is 0.289 e. The Bertz CT molecular complexity index is 127. The van der Waals surface area contributed by atoms with Crippen LogP contribution >= 0.6 is 15.9 Å². The van der Waals surface area contributed by atoms with Crippen LogP contribution in [0.1, 0.15) is 39.5 Å². The molecule has 0 amide bonds. The van der Waals surface area contributed by atoms with Gasteiger partial charge in [-0.2, -0.15) is 0 Å². The normalized spacial score (nSPS) is 34.1. The summed E-state index contributed by atoms with van der Waals surface area (Å²) in [7, 11) is 0. The van der Waals surface area contributed by atoms with E-state index in [1.165, 1.54) is 38.8 Å². The van der Waals surface area contributed by atoms with Gasteiger partial charge in [-0.25, -0.2) is 0 Å². The zero-order chi connectivity index (χ0) is 8.32. The maximum atomic E-state index is 3.85.